The number of aliphatic hydroxyl groups excluding tert-OH is 1. The summed E-state index contributed by atoms with van der Waals surface area (Å²) in [6, 6.07) is 6.81. The summed E-state index contributed by atoms with van der Waals surface area (Å²) < 4.78 is 5.83. The molecule has 0 aromatic heterocycles. The van der Waals surface area contributed by atoms with Gasteiger partial charge >= 0.3 is 0 Å². The Hall–Kier alpha value is -1.28. The van der Waals surface area contributed by atoms with Crippen molar-refractivity contribution < 1.29 is 9.84 Å². The lowest BCUT2D eigenvalue weighted by molar-refractivity contribution is 0.0935. The summed E-state index contributed by atoms with van der Waals surface area (Å²) in [5.74, 6) is 1.89. The van der Waals surface area contributed by atoms with Crippen LogP contribution in [-0.4, -0.2) is 18.3 Å². The van der Waals surface area contributed by atoms with Crippen LogP contribution in [0.25, 0.3) is 0 Å². The Balaban J connectivity index is 2.22. The number of methoxy groups -OCH3 is 1. The molecule has 1 aromatic rings. The van der Waals surface area contributed by atoms with E-state index in [1.54, 1.807) is 7.11 Å². The van der Waals surface area contributed by atoms with Gasteiger partial charge in [-0.15, -0.1) is 6.58 Å². The molecule has 0 aliphatic heterocycles. The van der Waals surface area contributed by atoms with E-state index in [9.17, 15) is 5.11 Å². The summed E-state index contributed by atoms with van der Waals surface area (Å²) in [7, 11) is 1.78. The second-order valence-electron chi connectivity index (χ2n) is 9.01. The van der Waals surface area contributed by atoms with Crippen LogP contribution in [0.5, 0.6) is 5.75 Å². The van der Waals surface area contributed by atoms with Crippen LogP contribution in [-0.2, 0) is 5.41 Å². The molecule has 0 unspecified atom stereocenters. The van der Waals surface area contributed by atoms with Crippen molar-refractivity contribution in [1.29, 1.82) is 0 Å². The molecule has 1 aliphatic carbocycles. The first-order chi connectivity index (χ1) is 12.9. The molecular weight excluding hydrogens is 332 g/mol. The van der Waals surface area contributed by atoms with Gasteiger partial charge in [-0.25, -0.2) is 0 Å². The van der Waals surface area contributed by atoms with Crippen molar-refractivity contribution in [2.75, 3.05) is 7.11 Å². The number of hydrogen-bond donors (Lipinski definition) is 1. The Kier molecular flexibility index (Phi) is 8.41. The highest BCUT2D eigenvalue weighted by molar-refractivity contribution is 5.43. The number of rotatable bonds is 10. The molecule has 1 aliphatic rings. The van der Waals surface area contributed by atoms with Crippen LogP contribution in [0, 0.1) is 5.92 Å². The van der Waals surface area contributed by atoms with Gasteiger partial charge in [-0.3, -0.25) is 0 Å². The van der Waals surface area contributed by atoms with Crippen molar-refractivity contribution >= 4 is 0 Å². The van der Waals surface area contributed by atoms with Gasteiger partial charge in [0.25, 0.3) is 0 Å². The van der Waals surface area contributed by atoms with Gasteiger partial charge in [0.15, 0.2) is 0 Å². The van der Waals surface area contributed by atoms with Crippen LogP contribution in [0.3, 0.4) is 0 Å². The van der Waals surface area contributed by atoms with Crippen LogP contribution in [0.2, 0.25) is 0 Å². The summed E-state index contributed by atoms with van der Waals surface area (Å²) in [6.45, 7) is 10.9. The Bertz CT molecular complexity index is 590. The zero-order valence-corrected chi connectivity index (χ0v) is 18.0. The maximum atomic E-state index is 10.2. The SMILES string of the molecule is C=CC[C@@H]1CC[C@@H](O)C[C@H]1c1ccc(C(C)(C)CCCCCC)cc1OC. The molecule has 2 nitrogen and oxygen atoms in total. The number of aliphatic hydroxyl groups is 1. The van der Waals surface area contributed by atoms with Gasteiger partial charge in [0, 0.05) is 0 Å². The number of hydrogen-bond acceptors (Lipinski definition) is 2. The summed E-state index contributed by atoms with van der Waals surface area (Å²) in [6.07, 6.45) is 12.0. The first-order valence-electron chi connectivity index (χ1n) is 10.9. The van der Waals surface area contributed by atoms with Gasteiger partial charge in [0.05, 0.1) is 13.2 Å². The second kappa shape index (κ2) is 10.3. The topological polar surface area (TPSA) is 29.5 Å². The van der Waals surface area contributed by atoms with E-state index in [0.29, 0.717) is 11.8 Å². The summed E-state index contributed by atoms with van der Waals surface area (Å²) in [4.78, 5) is 0. The van der Waals surface area contributed by atoms with Gasteiger partial charge < -0.3 is 9.84 Å². The van der Waals surface area contributed by atoms with Crippen LogP contribution in [0.15, 0.2) is 30.9 Å². The predicted molar refractivity (Wildman–Crippen MR) is 116 cm³/mol. The fourth-order valence-electron chi connectivity index (χ4n) is 4.66. The molecule has 0 saturated heterocycles. The normalized spacial score (nSPS) is 23.2. The van der Waals surface area contributed by atoms with Crippen molar-refractivity contribution in [3.63, 3.8) is 0 Å². The smallest absolute Gasteiger partial charge is 0.122 e. The quantitative estimate of drug-likeness (QED) is 0.363. The Labute approximate surface area is 167 Å². The molecular formula is C25H40O2. The lowest BCUT2D eigenvalue weighted by Gasteiger charge is -2.35. The molecule has 1 N–H and O–H groups in total. The largest absolute Gasteiger partial charge is 0.496 e. The molecule has 1 aromatic carbocycles. The summed E-state index contributed by atoms with van der Waals surface area (Å²) in [5, 5.41) is 10.2. The van der Waals surface area contributed by atoms with E-state index in [-0.39, 0.29) is 11.5 Å². The Morgan fingerprint density at radius 1 is 1.22 bits per heavy atom. The van der Waals surface area contributed by atoms with E-state index in [1.807, 2.05) is 6.08 Å². The zero-order valence-electron chi connectivity index (χ0n) is 18.0. The summed E-state index contributed by atoms with van der Waals surface area (Å²) >= 11 is 0. The first kappa shape index (κ1) is 22.0. The molecule has 0 radical (unpaired) electrons. The molecule has 0 amide bonds. The fraction of sp³-hybridized carbons (Fsp3) is 0.680. The van der Waals surface area contributed by atoms with Crippen LogP contribution >= 0.6 is 0 Å². The molecule has 3 atom stereocenters. The van der Waals surface area contributed by atoms with E-state index in [4.69, 9.17) is 4.74 Å². The molecule has 0 bridgehead atoms. The van der Waals surface area contributed by atoms with Crippen molar-refractivity contribution in [3.05, 3.63) is 42.0 Å². The van der Waals surface area contributed by atoms with Crippen molar-refractivity contribution in [3.8, 4) is 5.75 Å². The molecule has 2 heteroatoms. The molecule has 152 valence electrons. The number of ether oxygens (including phenoxy) is 1. The maximum Gasteiger partial charge on any atom is 0.122 e. The lowest BCUT2D eigenvalue weighted by Crippen LogP contribution is -2.26. The number of benzene rings is 1. The molecule has 0 spiro atoms. The van der Waals surface area contributed by atoms with Gasteiger partial charge in [0.2, 0.25) is 0 Å². The van der Waals surface area contributed by atoms with Crippen LogP contribution < -0.4 is 4.74 Å². The molecule has 1 saturated carbocycles. The molecule has 0 heterocycles. The highest BCUT2D eigenvalue weighted by Gasteiger charge is 2.32. The highest BCUT2D eigenvalue weighted by atomic mass is 16.5. The molecule has 2 rings (SSSR count). The standard InChI is InChI=1S/C25H40O2/c1-6-8-9-10-16-25(3,4)20-13-15-22(24(17-20)27-5)23-18-21(26)14-12-19(23)11-7-2/h7,13,15,17,19,21,23,26H,2,6,8-12,14,16,18H2,1,3-5H3/t19-,21-,23-/m1/s1. The van der Waals surface area contributed by atoms with Gasteiger partial charge in [-0.05, 0) is 66.5 Å². The lowest BCUT2D eigenvalue weighted by atomic mass is 9.72. The number of unbranched alkanes of at least 4 members (excludes halogenated alkanes) is 3. The zero-order chi connectivity index (χ0) is 19.9. The van der Waals surface area contributed by atoms with Crippen molar-refractivity contribution in [2.24, 2.45) is 5.92 Å². The molecule has 27 heavy (non-hydrogen) atoms. The minimum Gasteiger partial charge on any atom is -0.496 e. The van der Waals surface area contributed by atoms with Crippen LogP contribution in [0.1, 0.15) is 95.6 Å². The van der Waals surface area contributed by atoms with Gasteiger partial charge in [-0.2, -0.15) is 0 Å². The average Bonchev–Trinajstić information content (AvgIpc) is 2.66. The van der Waals surface area contributed by atoms with Crippen LogP contribution in [0.4, 0.5) is 0 Å². The fourth-order valence-corrected chi connectivity index (χ4v) is 4.66. The van der Waals surface area contributed by atoms with Gasteiger partial charge in [-0.1, -0.05) is 64.7 Å². The van der Waals surface area contributed by atoms with E-state index in [1.165, 1.54) is 43.2 Å². The summed E-state index contributed by atoms with van der Waals surface area (Å²) in [5.41, 5.74) is 2.77. The monoisotopic (exact) mass is 372 g/mol. The van der Waals surface area contributed by atoms with Gasteiger partial charge in [0.1, 0.15) is 5.75 Å². The van der Waals surface area contributed by atoms with E-state index in [2.05, 4.69) is 45.5 Å². The third kappa shape index (κ3) is 5.85. The Morgan fingerprint density at radius 3 is 2.67 bits per heavy atom. The van der Waals surface area contributed by atoms with E-state index in [0.717, 1.165) is 31.4 Å². The predicted octanol–water partition coefficient (Wildman–Crippen LogP) is 6.76. The minimum absolute atomic E-state index is 0.159. The first-order valence-corrected chi connectivity index (χ1v) is 10.9. The average molecular weight is 373 g/mol. The van der Waals surface area contributed by atoms with E-state index < -0.39 is 0 Å². The minimum atomic E-state index is -0.199. The molecule has 1 fully saturated rings. The van der Waals surface area contributed by atoms with Crippen molar-refractivity contribution in [2.45, 2.75) is 96.0 Å². The maximum absolute atomic E-state index is 10.2. The third-order valence-electron chi connectivity index (χ3n) is 6.50. The number of allylic oxidation sites excluding steroid dienone is 1. The van der Waals surface area contributed by atoms with E-state index >= 15 is 0 Å². The highest BCUT2D eigenvalue weighted by Crippen LogP contribution is 2.44. The third-order valence-corrected chi connectivity index (χ3v) is 6.50. The second-order valence-corrected chi connectivity index (χ2v) is 9.01. The Morgan fingerprint density at radius 2 is 2.00 bits per heavy atom. The van der Waals surface area contributed by atoms with Crippen molar-refractivity contribution in [1.82, 2.24) is 0 Å².